The van der Waals surface area contributed by atoms with Crippen LogP contribution in [0.5, 0.6) is 5.75 Å². The molecule has 1 aliphatic rings. The van der Waals surface area contributed by atoms with Crippen LogP contribution >= 0.6 is 11.6 Å². The average molecular weight is 588 g/mol. The molecule has 12 heteroatoms. The number of rotatable bonds is 7. The molecule has 8 nitrogen and oxygen atoms in total. The van der Waals surface area contributed by atoms with Crippen LogP contribution in [-0.2, 0) is 12.7 Å². The van der Waals surface area contributed by atoms with Gasteiger partial charge >= 0.3 is 6.18 Å². The van der Waals surface area contributed by atoms with E-state index < -0.39 is 17.6 Å². The lowest BCUT2D eigenvalue weighted by Crippen LogP contribution is -2.44. The molecule has 3 aromatic rings. The van der Waals surface area contributed by atoms with Gasteiger partial charge in [-0.05, 0) is 42.9 Å². The summed E-state index contributed by atoms with van der Waals surface area (Å²) in [4.78, 5) is 21.1. The molecule has 216 valence electrons. The Labute approximate surface area is 240 Å². The van der Waals surface area contributed by atoms with E-state index in [2.05, 4.69) is 27.0 Å². The zero-order valence-corrected chi connectivity index (χ0v) is 23.0. The topological polar surface area (TPSA) is 104 Å². The number of carbonyl (C=O) groups excluding carboxylic acids is 1. The predicted molar refractivity (Wildman–Crippen MR) is 151 cm³/mol. The highest BCUT2D eigenvalue weighted by atomic mass is 35.5. The van der Waals surface area contributed by atoms with Gasteiger partial charge in [-0.15, -0.1) is 0 Å². The number of aromatic nitrogens is 1. The summed E-state index contributed by atoms with van der Waals surface area (Å²) in [6.45, 7) is 3.02. The maximum Gasteiger partial charge on any atom is 0.416 e. The fraction of sp³-hybridized carbons (Fsp3) is 0.310. The number of hydrogen-bond acceptors (Lipinski definition) is 7. The number of halogens is 4. The molecular weight excluding hydrogens is 559 g/mol. The number of pyridine rings is 1. The maximum absolute atomic E-state index is 13.9. The smallest absolute Gasteiger partial charge is 0.416 e. The SMILES string of the molecule is CN1CCN(Cc2ccc(NC(=O)c3ccc(Cl)c(C#Cc4cc(OCCO)cnc4N)c3)cc2C(F)(F)F)CC1. The number of piperazine rings is 1. The van der Waals surface area contributed by atoms with Gasteiger partial charge in [0.25, 0.3) is 5.91 Å². The highest BCUT2D eigenvalue weighted by Gasteiger charge is 2.34. The third-order valence-corrected chi connectivity index (χ3v) is 6.81. The van der Waals surface area contributed by atoms with Gasteiger partial charge in [-0.3, -0.25) is 9.69 Å². The number of anilines is 2. The molecule has 4 N–H and O–H groups in total. The Morgan fingerprint density at radius 3 is 2.56 bits per heavy atom. The normalized spacial score (nSPS) is 14.3. The maximum atomic E-state index is 13.9. The molecule has 2 aromatic carbocycles. The number of nitrogens with two attached hydrogens (primary N) is 1. The first kappa shape index (κ1) is 30.1. The Balaban J connectivity index is 1.52. The third-order valence-electron chi connectivity index (χ3n) is 6.48. The second-order valence-electron chi connectivity index (χ2n) is 9.52. The Morgan fingerprint density at radius 2 is 1.85 bits per heavy atom. The number of alkyl halides is 3. The first-order chi connectivity index (χ1) is 19.5. The average Bonchev–Trinajstić information content (AvgIpc) is 2.94. The van der Waals surface area contributed by atoms with Gasteiger partial charge in [-0.2, -0.15) is 13.2 Å². The van der Waals surface area contributed by atoms with Gasteiger partial charge in [0.05, 0.1) is 29.0 Å². The largest absolute Gasteiger partial charge is 0.490 e. The van der Waals surface area contributed by atoms with Crippen LogP contribution in [0.2, 0.25) is 5.02 Å². The second-order valence-corrected chi connectivity index (χ2v) is 9.93. The summed E-state index contributed by atoms with van der Waals surface area (Å²) in [7, 11) is 1.98. The van der Waals surface area contributed by atoms with Crippen molar-refractivity contribution < 1.29 is 27.8 Å². The van der Waals surface area contributed by atoms with E-state index >= 15 is 0 Å². The Kier molecular flexibility index (Phi) is 9.73. The van der Waals surface area contributed by atoms with E-state index in [0.717, 1.165) is 19.2 Å². The first-order valence-corrected chi connectivity index (χ1v) is 13.1. The summed E-state index contributed by atoms with van der Waals surface area (Å²) in [6, 6.07) is 9.76. The van der Waals surface area contributed by atoms with E-state index in [9.17, 15) is 18.0 Å². The fourth-order valence-electron chi connectivity index (χ4n) is 4.20. The van der Waals surface area contributed by atoms with Crippen LogP contribution in [0, 0.1) is 11.8 Å². The lowest BCUT2D eigenvalue weighted by atomic mass is 10.0. The van der Waals surface area contributed by atoms with Crippen LogP contribution in [-0.4, -0.2) is 72.2 Å². The molecule has 1 amide bonds. The number of nitrogens with one attached hydrogen (secondary N) is 1. The van der Waals surface area contributed by atoms with E-state index in [1.54, 1.807) is 6.07 Å². The van der Waals surface area contributed by atoms with Crippen molar-refractivity contribution in [3.8, 4) is 17.6 Å². The summed E-state index contributed by atoms with van der Waals surface area (Å²) in [5.41, 5.74) is 6.09. The number of benzene rings is 2. The van der Waals surface area contributed by atoms with Crippen LogP contribution in [0.25, 0.3) is 0 Å². The molecular formula is C29H29ClF3N5O3. The van der Waals surface area contributed by atoms with Crippen molar-refractivity contribution in [1.29, 1.82) is 0 Å². The number of hydrogen-bond donors (Lipinski definition) is 3. The number of aliphatic hydroxyl groups is 1. The summed E-state index contributed by atoms with van der Waals surface area (Å²) < 4.78 is 47.1. The van der Waals surface area contributed by atoms with Gasteiger partial charge < -0.3 is 25.8 Å². The zero-order valence-electron chi connectivity index (χ0n) is 22.3. The van der Waals surface area contributed by atoms with Crippen LogP contribution in [0.3, 0.4) is 0 Å². The van der Waals surface area contributed by atoms with E-state index in [1.807, 2.05) is 11.9 Å². The molecule has 1 aromatic heterocycles. The van der Waals surface area contributed by atoms with Gasteiger partial charge in [-0.1, -0.05) is 29.5 Å². The lowest BCUT2D eigenvalue weighted by molar-refractivity contribution is -0.138. The van der Waals surface area contributed by atoms with Gasteiger partial charge in [0.1, 0.15) is 18.2 Å². The van der Waals surface area contributed by atoms with E-state index in [-0.39, 0.29) is 47.4 Å². The Morgan fingerprint density at radius 1 is 1.12 bits per heavy atom. The summed E-state index contributed by atoms with van der Waals surface area (Å²) in [5.74, 6) is 5.58. The van der Waals surface area contributed by atoms with Crippen LogP contribution in [0.4, 0.5) is 24.7 Å². The molecule has 41 heavy (non-hydrogen) atoms. The summed E-state index contributed by atoms with van der Waals surface area (Å²) >= 11 is 6.28. The van der Waals surface area contributed by atoms with Gasteiger partial charge in [0, 0.05) is 55.6 Å². The minimum Gasteiger partial charge on any atom is -0.490 e. The molecule has 0 atom stereocenters. The zero-order chi connectivity index (χ0) is 29.6. The van der Waals surface area contributed by atoms with E-state index in [0.29, 0.717) is 30.0 Å². The Bertz CT molecular complexity index is 1460. The monoisotopic (exact) mass is 587 g/mol. The molecule has 1 saturated heterocycles. The van der Waals surface area contributed by atoms with Crippen molar-refractivity contribution in [3.05, 3.63) is 81.5 Å². The molecule has 0 radical (unpaired) electrons. The third kappa shape index (κ3) is 8.11. The van der Waals surface area contributed by atoms with Crippen molar-refractivity contribution in [2.24, 2.45) is 0 Å². The molecule has 0 aliphatic carbocycles. The van der Waals surface area contributed by atoms with E-state index in [1.165, 1.54) is 36.5 Å². The molecule has 0 bridgehead atoms. The highest BCUT2D eigenvalue weighted by molar-refractivity contribution is 6.32. The number of nitrogens with zero attached hydrogens (tertiary/aromatic N) is 3. The van der Waals surface area contributed by atoms with Crippen molar-refractivity contribution in [2.75, 3.05) is 57.5 Å². The van der Waals surface area contributed by atoms with Crippen LogP contribution in [0.15, 0.2) is 48.7 Å². The standard InChI is InChI=1S/C29H29ClF3N5O3/c1-37-8-10-38(11-9-37)18-22-4-6-23(16-25(22)29(31,32)33)36-28(40)21-5-7-26(30)19(14-21)2-3-20-15-24(41-13-12-39)17-35-27(20)34/h4-7,14-17,39H,8-13,18H2,1H3,(H2,34,35)(H,36,40). The summed E-state index contributed by atoms with van der Waals surface area (Å²) in [5, 5.41) is 11.7. The molecule has 2 heterocycles. The molecule has 1 fully saturated rings. The Hall–Kier alpha value is -3.82. The quantitative estimate of drug-likeness (QED) is 0.358. The van der Waals surface area contributed by atoms with Crippen LogP contribution in [0.1, 0.15) is 32.6 Å². The van der Waals surface area contributed by atoms with E-state index in [4.69, 9.17) is 27.2 Å². The number of likely N-dealkylation sites (N-methyl/N-ethyl adjacent to an activating group) is 1. The number of amides is 1. The van der Waals surface area contributed by atoms with Crippen molar-refractivity contribution in [3.63, 3.8) is 0 Å². The first-order valence-electron chi connectivity index (χ1n) is 12.8. The van der Waals surface area contributed by atoms with Crippen LogP contribution < -0.4 is 15.8 Å². The predicted octanol–water partition coefficient (Wildman–Crippen LogP) is 4.11. The van der Waals surface area contributed by atoms with Gasteiger partial charge in [0.15, 0.2) is 0 Å². The summed E-state index contributed by atoms with van der Waals surface area (Å²) in [6.07, 6.45) is -3.18. The van der Waals surface area contributed by atoms with Gasteiger partial charge in [0.2, 0.25) is 0 Å². The van der Waals surface area contributed by atoms with Crippen molar-refractivity contribution in [2.45, 2.75) is 12.7 Å². The van der Waals surface area contributed by atoms with Gasteiger partial charge in [-0.25, -0.2) is 4.98 Å². The molecule has 0 saturated carbocycles. The second kappa shape index (κ2) is 13.2. The highest BCUT2D eigenvalue weighted by Crippen LogP contribution is 2.35. The minimum atomic E-state index is -4.58. The number of nitrogen functional groups attached to an aromatic ring is 1. The molecule has 1 aliphatic heterocycles. The fourth-order valence-corrected chi connectivity index (χ4v) is 4.37. The molecule has 4 rings (SSSR count). The number of carbonyl (C=O) groups is 1. The molecule has 0 unspecified atom stereocenters. The van der Waals surface area contributed by atoms with Crippen molar-refractivity contribution >= 4 is 29.0 Å². The number of aliphatic hydroxyl groups excluding tert-OH is 1. The molecule has 0 spiro atoms. The lowest BCUT2D eigenvalue weighted by Gasteiger charge is -2.33. The van der Waals surface area contributed by atoms with Crippen molar-refractivity contribution in [1.82, 2.24) is 14.8 Å². The minimum absolute atomic E-state index is 0.0191. The number of ether oxygens (including phenoxy) is 1.